The summed E-state index contributed by atoms with van der Waals surface area (Å²) < 4.78 is 72.8. The average molecular weight is 708 g/mol. The summed E-state index contributed by atoms with van der Waals surface area (Å²) in [5, 5.41) is 17.2. The number of H-pyrrole nitrogens is 1. The van der Waals surface area contributed by atoms with Gasteiger partial charge in [0.15, 0.2) is 5.82 Å². The van der Waals surface area contributed by atoms with E-state index in [9.17, 15) is 35.6 Å². The number of hydrogen-bond acceptors (Lipinski definition) is 8. The first-order valence-corrected chi connectivity index (χ1v) is 15.7. The van der Waals surface area contributed by atoms with Crippen molar-refractivity contribution >= 4 is 62.3 Å². The first-order valence-electron chi connectivity index (χ1n) is 13.0. The fourth-order valence-corrected chi connectivity index (χ4v) is 5.48. The number of quaternary nitrogens is 1. The number of carbonyl (C=O) groups excluding carboxylic acids is 2. The fraction of sp³-hybridized carbons (Fsp3) is 0.269. The number of carbonyl (C=O) groups is 2. The number of aliphatic carboxylic acids is 1. The third-order valence-electron chi connectivity index (χ3n) is 6.64. The Morgan fingerprint density at radius 2 is 1.76 bits per heavy atom. The van der Waals surface area contributed by atoms with Crippen LogP contribution in [0.3, 0.4) is 0 Å². The lowest BCUT2D eigenvalue weighted by Crippen LogP contribution is -3.10. The standard InChI is InChI=1S/C24H22Cl2FN7O4S.C2HF3O2/c1-39(37,38)31-20-4-5-21(30-29-20)32-6-8-33(9-7-32)24(36)16-11-14(2-3-18(16)27)10-15-13-28-23(35)19-12-17(25)22(26)34(15)19;3-2(4,5)1(6)7/h2-5,11-13H,6-10H2,1H3,(H,28,35)(H,29,31);(H,6,7). The Hall–Kier alpha value is -4.26. The number of carboxylic acid groups (broad SMARTS) is 1. The van der Waals surface area contributed by atoms with Crippen LogP contribution in [0.5, 0.6) is 0 Å². The maximum absolute atomic E-state index is 14.8. The van der Waals surface area contributed by atoms with Crippen LogP contribution in [0.1, 0.15) is 21.6 Å². The molecule has 20 heteroatoms. The topological polar surface area (TPSA) is 174 Å². The quantitative estimate of drug-likeness (QED) is 0.247. The minimum absolute atomic E-state index is 0.0516. The highest BCUT2D eigenvalue weighted by Crippen LogP contribution is 2.27. The molecule has 1 aliphatic rings. The third-order valence-corrected chi connectivity index (χ3v) is 7.97. The Bertz CT molecular complexity index is 1950. The lowest BCUT2D eigenvalue weighted by Gasteiger charge is -2.31. The van der Waals surface area contributed by atoms with Crippen molar-refractivity contribution in [2.45, 2.75) is 12.6 Å². The highest BCUT2D eigenvalue weighted by atomic mass is 35.5. The summed E-state index contributed by atoms with van der Waals surface area (Å²) in [6.07, 6.45) is -2.39. The Morgan fingerprint density at radius 3 is 2.33 bits per heavy atom. The van der Waals surface area contributed by atoms with Crippen LogP contribution in [-0.4, -0.2) is 83.4 Å². The number of benzene rings is 1. The molecule has 4 heterocycles. The first kappa shape index (κ1) is 34.6. The Balaban J connectivity index is 0.000000617. The molecule has 1 aromatic carbocycles. The summed E-state index contributed by atoms with van der Waals surface area (Å²) in [5.41, 5.74) is 1.15. The second-order valence-corrected chi connectivity index (χ2v) is 12.5. The van der Waals surface area contributed by atoms with Crippen LogP contribution in [0.4, 0.5) is 29.2 Å². The number of nitrogens with zero attached hydrogens (tertiary/aromatic N) is 4. The first-order chi connectivity index (χ1) is 21.4. The van der Waals surface area contributed by atoms with Gasteiger partial charge in [-0.25, -0.2) is 12.8 Å². The number of fused-ring (bicyclic) bond motifs is 1. The molecule has 0 bridgehead atoms. The smallest absolute Gasteiger partial charge is 0.430 e. The number of piperazine rings is 1. The molecule has 246 valence electrons. The lowest BCUT2D eigenvalue weighted by atomic mass is 10.0. The van der Waals surface area contributed by atoms with Gasteiger partial charge in [-0.3, -0.25) is 23.6 Å². The summed E-state index contributed by atoms with van der Waals surface area (Å²) in [6.45, 7) is 1.76. The van der Waals surface area contributed by atoms with Crippen molar-refractivity contribution in [1.29, 1.82) is 0 Å². The van der Waals surface area contributed by atoms with E-state index in [-0.39, 0.29) is 39.1 Å². The average Bonchev–Trinajstić information content (AvgIpc) is 3.29. The Morgan fingerprint density at radius 1 is 1.11 bits per heavy atom. The molecule has 4 aromatic rings. The number of hydrogen-bond donors (Lipinski definition) is 3. The second kappa shape index (κ2) is 13.6. The minimum atomic E-state index is -5.19. The summed E-state index contributed by atoms with van der Waals surface area (Å²) >= 11 is 12.4. The normalized spacial score (nSPS) is 14.1. The summed E-state index contributed by atoms with van der Waals surface area (Å²) in [5.74, 6) is -3.33. The molecule has 3 N–H and O–H groups in total. The van der Waals surface area contributed by atoms with Crippen LogP contribution in [0.15, 0.2) is 47.4 Å². The SMILES string of the molecule is CS(=O)(=O)Nc1ccc([NH+]2CCN(C(=O)c3cc(Cc4c[nH]c(=O)c5cc(Cl)c(Cl)n45)ccc3F)CC2)nn1.O=C([O-])C(F)(F)F. The number of halogens is 6. The van der Waals surface area contributed by atoms with E-state index in [1.54, 1.807) is 17.0 Å². The zero-order chi connectivity index (χ0) is 34.0. The molecule has 1 amide bonds. The van der Waals surface area contributed by atoms with E-state index in [0.29, 0.717) is 43.3 Å². The number of sulfonamides is 1. The minimum Gasteiger partial charge on any atom is -0.542 e. The molecule has 0 radical (unpaired) electrons. The number of rotatable bonds is 6. The van der Waals surface area contributed by atoms with Gasteiger partial charge in [-0.05, 0) is 29.8 Å². The predicted molar refractivity (Wildman–Crippen MR) is 155 cm³/mol. The number of aromatic nitrogens is 4. The largest absolute Gasteiger partial charge is 0.542 e. The summed E-state index contributed by atoms with van der Waals surface area (Å²) in [7, 11) is -3.46. The summed E-state index contributed by atoms with van der Waals surface area (Å²) in [4.78, 5) is 39.4. The molecule has 1 aliphatic heterocycles. The van der Waals surface area contributed by atoms with Gasteiger partial charge in [0.1, 0.15) is 35.5 Å². The molecule has 13 nitrogen and oxygen atoms in total. The van der Waals surface area contributed by atoms with E-state index in [0.717, 1.165) is 11.2 Å². The molecule has 0 spiro atoms. The van der Waals surface area contributed by atoms with Crippen LogP contribution in [-0.2, 0) is 21.2 Å². The zero-order valence-electron chi connectivity index (χ0n) is 23.5. The molecule has 3 aromatic heterocycles. The van der Waals surface area contributed by atoms with Crippen molar-refractivity contribution in [1.82, 2.24) is 24.5 Å². The number of anilines is 1. The molecule has 0 saturated carbocycles. The fourth-order valence-electron chi connectivity index (χ4n) is 4.55. The molecule has 0 aliphatic carbocycles. The van der Waals surface area contributed by atoms with Crippen molar-refractivity contribution in [3.63, 3.8) is 0 Å². The monoisotopic (exact) mass is 707 g/mol. The highest BCUT2D eigenvalue weighted by molar-refractivity contribution is 7.92. The van der Waals surface area contributed by atoms with Crippen LogP contribution in [0.2, 0.25) is 10.2 Å². The van der Waals surface area contributed by atoms with E-state index in [4.69, 9.17) is 33.1 Å². The van der Waals surface area contributed by atoms with Crippen molar-refractivity contribution in [2.24, 2.45) is 0 Å². The van der Waals surface area contributed by atoms with E-state index in [2.05, 4.69) is 19.9 Å². The van der Waals surface area contributed by atoms with Gasteiger partial charge in [-0.1, -0.05) is 34.4 Å². The van der Waals surface area contributed by atoms with Crippen LogP contribution in [0, 0.1) is 5.82 Å². The Kier molecular flexibility index (Phi) is 10.2. The van der Waals surface area contributed by atoms with E-state index in [1.165, 1.54) is 34.9 Å². The summed E-state index contributed by atoms with van der Waals surface area (Å²) in [6, 6.07) is 9.00. The van der Waals surface area contributed by atoms with Crippen LogP contribution >= 0.6 is 23.2 Å². The molecule has 5 rings (SSSR count). The van der Waals surface area contributed by atoms with Crippen molar-refractivity contribution in [2.75, 3.05) is 37.2 Å². The van der Waals surface area contributed by atoms with Gasteiger partial charge < -0.3 is 19.8 Å². The molecule has 46 heavy (non-hydrogen) atoms. The molecular weight excluding hydrogens is 685 g/mol. The van der Waals surface area contributed by atoms with Crippen molar-refractivity contribution in [3.8, 4) is 0 Å². The van der Waals surface area contributed by atoms with E-state index in [1.807, 2.05) is 0 Å². The maximum Gasteiger partial charge on any atom is 0.430 e. The zero-order valence-corrected chi connectivity index (χ0v) is 25.8. The predicted octanol–water partition coefficient (Wildman–Crippen LogP) is 0.797. The Labute approximate surface area is 267 Å². The van der Waals surface area contributed by atoms with Crippen molar-refractivity contribution in [3.05, 3.63) is 85.8 Å². The van der Waals surface area contributed by atoms with Gasteiger partial charge in [0.2, 0.25) is 15.8 Å². The maximum atomic E-state index is 14.8. The molecule has 1 saturated heterocycles. The third kappa shape index (κ3) is 8.31. The van der Waals surface area contributed by atoms with Gasteiger partial charge in [0.05, 0.1) is 29.9 Å². The van der Waals surface area contributed by atoms with Gasteiger partial charge in [0, 0.05) is 24.4 Å². The van der Waals surface area contributed by atoms with Gasteiger partial charge >= 0.3 is 6.18 Å². The van der Waals surface area contributed by atoms with E-state index >= 15 is 0 Å². The van der Waals surface area contributed by atoms with E-state index < -0.39 is 33.9 Å². The number of alkyl halides is 3. The van der Waals surface area contributed by atoms with Crippen molar-refractivity contribution < 1.29 is 45.6 Å². The van der Waals surface area contributed by atoms with Crippen LogP contribution < -0.4 is 20.3 Å². The van der Waals surface area contributed by atoms with Gasteiger partial charge in [0.25, 0.3) is 11.5 Å². The molecular formula is C26H23Cl2F4N7O6S. The number of carboxylic acids is 1. The number of aromatic amines is 1. The lowest BCUT2D eigenvalue weighted by molar-refractivity contribution is -0.840. The molecule has 1 fully saturated rings. The number of nitrogens with one attached hydrogen (secondary N) is 3. The van der Waals surface area contributed by atoms with Gasteiger partial charge in [-0.2, -0.15) is 13.2 Å². The van der Waals surface area contributed by atoms with Gasteiger partial charge in [-0.15, -0.1) is 5.10 Å². The molecule has 0 unspecified atom stereocenters. The highest BCUT2D eigenvalue weighted by Gasteiger charge is 2.29. The number of amides is 1. The van der Waals surface area contributed by atoms with Crippen LogP contribution in [0.25, 0.3) is 5.52 Å². The second-order valence-electron chi connectivity index (χ2n) is 9.96. The molecule has 0 atom stereocenters.